The molecule has 0 saturated carbocycles. The highest BCUT2D eigenvalue weighted by atomic mass is 32.1. The lowest BCUT2D eigenvalue weighted by atomic mass is 10.1. The minimum Gasteiger partial charge on any atom is -0.493 e. The van der Waals surface area contributed by atoms with Gasteiger partial charge in [0.2, 0.25) is 5.75 Å². The summed E-state index contributed by atoms with van der Waals surface area (Å²) in [6.45, 7) is 4.69. The molecule has 3 aromatic rings. The number of methoxy groups -OCH3 is 4. The van der Waals surface area contributed by atoms with Crippen molar-refractivity contribution < 1.29 is 18.9 Å². The zero-order valence-electron chi connectivity index (χ0n) is 20.0. The number of H-pyrrole nitrogens is 1. The Bertz CT molecular complexity index is 1060. The highest BCUT2D eigenvalue weighted by Crippen LogP contribution is 2.38. The molecule has 0 bridgehead atoms. The molecular weight excluding hydrogens is 438 g/mol. The van der Waals surface area contributed by atoms with Gasteiger partial charge in [-0.05, 0) is 54.9 Å². The lowest BCUT2D eigenvalue weighted by Gasteiger charge is -2.27. The predicted molar refractivity (Wildman–Crippen MR) is 136 cm³/mol. The third kappa shape index (κ3) is 5.89. The third-order valence-corrected chi connectivity index (χ3v) is 6.03. The summed E-state index contributed by atoms with van der Waals surface area (Å²) in [6.07, 6.45) is 0.854. The van der Waals surface area contributed by atoms with Crippen molar-refractivity contribution in [2.75, 3.05) is 48.1 Å². The first-order valence-electron chi connectivity index (χ1n) is 10.9. The molecule has 2 aromatic carbocycles. The van der Waals surface area contributed by atoms with E-state index in [0.717, 1.165) is 24.0 Å². The number of rotatable bonds is 11. The van der Waals surface area contributed by atoms with Crippen LogP contribution in [0.5, 0.6) is 17.2 Å². The molecule has 1 aromatic heterocycles. The van der Waals surface area contributed by atoms with E-state index in [1.807, 2.05) is 18.2 Å². The van der Waals surface area contributed by atoms with Crippen molar-refractivity contribution in [1.82, 2.24) is 15.2 Å². The van der Waals surface area contributed by atoms with Gasteiger partial charge >= 0.3 is 0 Å². The average molecular weight is 472 g/mol. The quantitative estimate of drug-likeness (QED) is 0.323. The summed E-state index contributed by atoms with van der Waals surface area (Å²) in [5.74, 6) is 1.82. The summed E-state index contributed by atoms with van der Waals surface area (Å²) in [5.41, 5.74) is 4.65. The topological polar surface area (TPSA) is 68.0 Å². The fourth-order valence-corrected chi connectivity index (χ4v) is 4.23. The Hall–Kier alpha value is -2.97. The Kier molecular flexibility index (Phi) is 8.79. The highest BCUT2D eigenvalue weighted by molar-refractivity contribution is 7.80. The minimum atomic E-state index is 0.575. The van der Waals surface area contributed by atoms with E-state index in [1.54, 1.807) is 28.4 Å². The maximum absolute atomic E-state index is 5.75. The molecule has 33 heavy (non-hydrogen) atoms. The molecule has 0 aliphatic heterocycles. The van der Waals surface area contributed by atoms with Gasteiger partial charge in [-0.2, -0.15) is 0 Å². The number of thiocarbonyl (C=S) groups is 1. The van der Waals surface area contributed by atoms with Crippen molar-refractivity contribution in [3.63, 3.8) is 0 Å². The summed E-state index contributed by atoms with van der Waals surface area (Å²) in [5, 5.41) is 5.23. The number of hydrogen-bond donors (Lipinski definition) is 2. The molecule has 0 aliphatic carbocycles. The number of aryl methyl sites for hydroxylation is 1. The fourth-order valence-electron chi connectivity index (χ4n) is 3.97. The Balaban J connectivity index is 1.85. The van der Waals surface area contributed by atoms with Gasteiger partial charge in [0.05, 0.1) is 27.9 Å². The monoisotopic (exact) mass is 471 g/mol. The third-order valence-electron chi connectivity index (χ3n) is 5.63. The van der Waals surface area contributed by atoms with Crippen LogP contribution in [0, 0.1) is 6.92 Å². The molecular formula is C25H33N3O4S. The van der Waals surface area contributed by atoms with Gasteiger partial charge in [0, 0.05) is 43.3 Å². The summed E-state index contributed by atoms with van der Waals surface area (Å²) in [6, 6.07) is 12.3. The minimum absolute atomic E-state index is 0.575. The van der Waals surface area contributed by atoms with Crippen LogP contribution in [0.3, 0.4) is 0 Å². The molecule has 3 rings (SSSR count). The lowest BCUT2D eigenvalue weighted by molar-refractivity contribution is 0.203. The van der Waals surface area contributed by atoms with Crippen LogP contribution >= 0.6 is 12.2 Å². The zero-order chi connectivity index (χ0) is 23.8. The van der Waals surface area contributed by atoms with Crippen LogP contribution < -0.4 is 19.5 Å². The molecule has 7 nitrogen and oxygen atoms in total. The molecule has 0 unspecified atom stereocenters. The number of aromatic nitrogens is 1. The van der Waals surface area contributed by atoms with E-state index in [-0.39, 0.29) is 0 Å². The first kappa shape index (κ1) is 24.7. The average Bonchev–Trinajstić information content (AvgIpc) is 3.15. The van der Waals surface area contributed by atoms with Crippen LogP contribution in [0.4, 0.5) is 0 Å². The smallest absolute Gasteiger partial charge is 0.203 e. The zero-order valence-corrected chi connectivity index (χ0v) is 20.8. The lowest BCUT2D eigenvalue weighted by Crippen LogP contribution is -2.41. The van der Waals surface area contributed by atoms with Gasteiger partial charge in [0.1, 0.15) is 0 Å². The van der Waals surface area contributed by atoms with Gasteiger partial charge in [0.25, 0.3) is 0 Å². The van der Waals surface area contributed by atoms with Gasteiger partial charge < -0.3 is 34.1 Å². The number of hydrogen-bond acceptors (Lipinski definition) is 5. The molecule has 0 spiro atoms. The standard InChI is InChI=1S/C25H33N3O4S/c1-17-19(20-8-6-7-9-21(20)27-17)10-12-28(25(33)26-11-13-29-2)16-18-14-22(30-3)24(32-5)23(15-18)31-4/h6-9,14-15,27H,10-13,16H2,1-5H3,(H,26,33). The second-order valence-electron chi connectivity index (χ2n) is 7.70. The Labute approximate surface area is 201 Å². The number of nitrogens with zero attached hydrogens (tertiary/aromatic N) is 1. The fraction of sp³-hybridized carbons (Fsp3) is 0.400. The van der Waals surface area contributed by atoms with Crippen LogP contribution in [-0.2, 0) is 17.7 Å². The summed E-state index contributed by atoms with van der Waals surface area (Å²) < 4.78 is 21.7. The molecule has 0 saturated heterocycles. The Morgan fingerprint density at radius 2 is 1.73 bits per heavy atom. The first-order valence-corrected chi connectivity index (χ1v) is 11.3. The van der Waals surface area contributed by atoms with Crippen molar-refractivity contribution in [3.05, 3.63) is 53.2 Å². The van der Waals surface area contributed by atoms with Crippen molar-refractivity contribution >= 4 is 28.2 Å². The highest BCUT2D eigenvalue weighted by Gasteiger charge is 2.18. The SMILES string of the molecule is COCCNC(=S)N(CCc1c(C)[nH]c2ccccc12)Cc1cc(OC)c(OC)c(OC)c1. The summed E-state index contributed by atoms with van der Waals surface area (Å²) in [7, 11) is 6.52. The van der Waals surface area contributed by atoms with Crippen molar-refractivity contribution in [2.45, 2.75) is 19.9 Å². The van der Waals surface area contributed by atoms with Gasteiger partial charge in [-0.1, -0.05) is 18.2 Å². The maximum atomic E-state index is 5.75. The van der Waals surface area contributed by atoms with Gasteiger partial charge in [0.15, 0.2) is 16.6 Å². The van der Waals surface area contributed by atoms with Crippen molar-refractivity contribution in [1.29, 1.82) is 0 Å². The largest absolute Gasteiger partial charge is 0.493 e. The second kappa shape index (κ2) is 11.8. The van der Waals surface area contributed by atoms with Gasteiger partial charge in [-0.25, -0.2) is 0 Å². The summed E-state index contributed by atoms with van der Waals surface area (Å²) in [4.78, 5) is 5.64. The molecule has 0 radical (unpaired) electrons. The molecule has 0 amide bonds. The van der Waals surface area contributed by atoms with Crippen LogP contribution in [-0.4, -0.2) is 63.1 Å². The molecule has 178 valence electrons. The van der Waals surface area contributed by atoms with Crippen LogP contribution in [0.1, 0.15) is 16.8 Å². The Morgan fingerprint density at radius 1 is 1.03 bits per heavy atom. The predicted octanol–water partition coefficient (Wildman–Crippen LogP) is 4.07. The van der Waals surface area contributed by atoms with Crippen molar-refractivity contribution in [3.8, 4) is 17.2 Å². The maximum Gasteiger partial charge on any atom is 0.203 e. The molecule has 2 N–H and O–H groups in total. The van der Waals surface area contributed by atoms with E-state index in [1.165, 1.54) is 16.6 Å². The molecule has 0 aliphatic rings. The first-order chi connectivity index (χ1) is 16.0. The Morgan fingerprint density at radius 3 is 2.36 bits per heavy atom. The normalized spacial score (nSPS) is 10.8. The molecule has 0 atom stereocenters. The number of nitrogens with one attached hydrogen (secondary N) is 2. The summed E-state index contributed by atoms with van der Waals surface area (Å²) >= 11 is 5.75. The van der Waals surface area contributed by atoms with E-state index >= 15 is 0 Å². The number of fused-ring (bicyclic) bond motifs is 1. The van der Waals surface area contributed by atoms with Crippen LogP contribution in [0.15, 0.2) is 36.4 Å². The van der Waals surface area contributed by atoms with Gasteiger partial charge in [-0.15, -0.1) is 0 Å². The second-order valence-corrected chi connectivity index (χ2v) is 8.09. The number of ether oxygens (including phenoxy) is 4. The number of benzene rings is 2. The van der Waals surface area contributed by atoms with E-state index in [9.17, 15) is 0 Å². The van der Waals surface area contributed by atoms with E-state index in [2.05, 4.69) is 40.3 Å². The van der Waals surface area contributed by atoms with Crippen molar-refractivity contribution in [2.24, 2.45) is 0 Å². The molecule has 0 fully saturated rings. The number of para-hydroxylation sites is 1. The van der Waals surface area contributed by atoms with E-state index < -0.39 is 0 Å². The molecule has 1 heterocycles. The van der Waals surface area contributed by atoms with Gasteiger partial charge in [-0.3, -0.25) is 0 Å². The number of aromatic amines is 1. The van der Waals surface area contributed by atoms with Crippen LogP contribution in [0.25, 0.3) is 10.9 Å². The molecule has 8 heteroatoms. The van der Waals surface area contributed by atoms with E-state index in [4.69, 9.17) is 31.2 Å². The van der Waals surface area contributed by atoms with Crippen LogP contribution in [0.2, 0.25) is 0 Å². The van der Waals surface area contributed by atoms with E-state index in [0.29, 0.717) is 42.1 Å².